The van der Waals surface area contributed by atoms with Gasteiger partial charge in [-0.3, -0.25) is 0 Å². The van der Waals surface area contributed by atoms with E-state index in [0.29, 0.717) is 42.9 Å². The fourth-order valence-electron chi connectivity index (χ4n) is 3.67. The van der Waals surface area contributed by atoms with Crippen molar-refractivity contribution in [3.8, 4) is 11.5 Å². The number of piperazine rings is 1. The largest absolute Gasteiger partial charge is 0.415 e. The SMILES string of the molecule is Cc1cccc(-c2nnc([C@H](C)[NH+]3CCN(S(=O)(=O)c4ccccc4)CC3)o2)c1. The minimum absolute atomic E-state index is 0.00244. The highest BCUT2D eigenvalue weighted by Gasteiger charge is 2.34. The molecule has 8 heteroatoms. The van der Waals surface area contributed by atoms with Crippen molar-refractivity contribution in [3.05, 3.63) is 66.1 Å². The first-order valence-corrected chi connectivity index (χ1v) is 11.2. The van der Waals surface area contributed by atoms with Gasteiger partial charge in [0.1, 0.15) is 0 Å². The second-order valence-electron chi connectivity index (χ2n) is 7.41. The molecule has 7 nitrogen and oxygen atoms in total. The maximum atomic E-state index is 12.8. The van der Waals surface area contributed by atoms with E-state index in [4.69, 9.17) is 4.42 Å². The molecule has 2 aromatic carbocycles. The fraction of sp³-hybridized carbons (Fsp3) is 0.333. The van der Waals surface area contributed by atoms with Crippen LogP contribution in [0.15, 0.2) is 63.9 Å². The Morgan fingerprint density at radius 3 is 2.45 bits per heavy atom. The first-order valence-electron chi connectivity index (χ1n) is 9.75. The number of benzene rings is 2. The van der Waals surface area contributed by atoms with Gasteiger partial charge in [-0.1, -0.05) is 35.9 Å². The second-order valence-corrected chi connectivity index (χ2v) is 9.35. The molecule has 152 valence electrons. The van der Waals surface area contributed by atoms with Gasteiger partial charge in [0.2, 0.25) is 15.9 Å². The zero-order chi connectivity index (χ0) is 20.4. The summed E-state index contributed by atoms with van der Waals surface area (Å²) < 4.78 is 33.1. The van der Waals surface area contributed by atoms with Gasteiger partial charge in [-0.2, -0.15) is 4.31 Å². The predicted octanol–water partition coefficient (Wildman–Crippen LogP) is 1.70. The molecule has 0 aliphatic carbocycles. The van der Waals surface area contributed by atoms with Crippen LogP contribution in [0.4, 0.5) is 0 Å². The Morgan fingerprint density at radius 1 is 1.03 bits per heavy atom. The van der Waals surface area contributed by atoms with Crippen molar-refractivity contribution < 1.29 is 17.7 Å². The lowest BCUT2D eigenvalue weighted by atomic mass is 10.1. The quantitative estimate of drug-likeness (QED) is 0.689. The molecule has 0 saturated carbocycles. The van der Waals surface area contributed by atoms with Gasteiger partial charge in [0.05, 0.1) is 31.1 Å². The Labute approximate surface area is 171 Å². The standard InChI is InChI=1S/C21H24N4O3S/c1-16-7-6-8-18(15-16)21-23-22-20(28-21)17(2)24-11-13-25(14-12-24)29(26,27)19-9-4-3-5-10-19/h3-10,15,17H,11-14H2,1-2H3/p+1/t17-/m0/s1. The topological polar surface area (TPSA) is 80.7 Å². The Balaban J connectivity index is 1.43. The lowest BCUT2D eigenvalue weighted by Gasteiger charge is -2.33. The van der Waals surface area contributed by atoms with E-state index < -0.39 is 10.0 Å². The van der Waals surface area contributed by atoms with Crippen molar-refractivity contribution in [2.75, 3.05) is 26.2 Å². The van der Waals surface area contributed by atoms with Crippen LogP contribution in [-0.4, -0.2) is 49.1 Å². The number of sulfonamides is 1. The van der Waals surface area contributed by atoms with Gasteiger partial charge in [-0.05, 0) is 38.1 Å². The number of nitrogens with one attached hydrogen (secondary N) is 1. The van der Waals surface area contributed by atoms with Crippen LogP contribution in [0, 0.1) is 6.92 Å². The molecule has 1 N–H and O–H groups in total. The van der Waals surface area contributed by atoms with Crippen LogP contribution in [0.5, 0.6) is 0 Å². The number of rotatable bonds is 5. The monoisotopic (exact) mass is 413 g/mol. The molecular weight excluding hydrogens is 388 g/mol. The predicted molar refractivity (Wildman–Crippen MR) is 109 cm³/mol. The maximum absolute atomic E-state index is 12.8. The van der Waals surface area contributed by atoms with E-state index in [1.54, 1.807) is 28.6 Å². The van der Waals surface area contributed by atoms with Crippen molar-refractivity contribution in [2.45, 2.75) is 24.8 Å². The molecule has 29 heavy (non-hydrogen) atoms. The Bertz CT molecular complexity index is 1070. The third-order valence-corrected chi connectivity index (χ3v) is 7.35. The summed E-state index contributed by atoms with van der Waals surface area (Å²) in [6.45, 7) is 6.39. The fourth-order valence-corrected chi connectivity index (χ4v) is 5.13. The number of aryl methyl sites for hydroxylation is 1. The van der Waals surface area contributed by atoms with Crippen molar-refractivity contribution in [1.29, 1.82) is 0 Å². The van der Waals surface area contributed by atoms with Crippen LogP contribution in [0.2, 0.25) is 0 Å². The number of hydrogen-bond acceptors (Lipinski definition) is 5. The molecule has 1 aliphatic rings. The van der Waals surface area contributed by atoms with Crippen molar-refractivity contribution in [3.63, 3.8) is 0 Å². The molecule has 0 bridgehead atoms. The van der Waals surface area contributed by atoms with Gasteiger partial charge in [-0.25, -0.2) is 8.42 Å². The van der Waals surface area contributed by atoms with Gasteiger partial charge in [0, 0.05) is 5.56 Å². The summed E-state index contributed by atoms with van der Waals surface area (Å²) in [6, 6.07) is 16.6. The van der Waals surface area contributed by atoms with E-state index in [2.05, 4.69) is 10.2 Å². The molecule has 1 aromatic heterocycles. The molecule has 1 fully saturated rings. The van der Waals surface area contributed by atoms with Gasteiger partial charge >= 0.3 is 0 Å². The van der Waals surface area contributed by atoms with Crippen LogP contribution in [0.3, 0.4) is 0 Å². The lowest BCUT2D eigenvalue weighted by Crippen LogP contribution is -3.14. The molecule has 0 spiro atoms. The lowest BCUT2D eigenvalue weighted by molar-refractivity contribution is -0.934. The molecule has 3 aromatic rings. The van der Waals surface area contributed by atoms with Crippen molar-refractivity contribution >= 4 is 10.0 Å². The van der Waals surface area contributed by atoms with Crippen LogP contribution < -0.4 is 4.90 Å². The summed E-state index contributed by atoms with van der Waals surface area (Å²) in [5.41, 5.74) is 2.04. The highest BCUT2D eigenvalue weighted by molar-refractivity contribution is 7.89. The molecule has 0 unspecified atom stereocenters. The van der Waals surface area contributed by atoms with E-state index >= 15 is 0 Å². The third kappa shape index (κ3) is 4.10. The number of quaternary nitrogens is 1. The highest BCUT2D eigenvalue weighted by atomic mass is 32.2. The number of nitrogens with zero attached hydrogens (tertiary/aromatic N) is 3. The zero-order valence-electron chi connectivity index (χ0n) is 16.6. The third-order valence-electron chi connectivity index (χ3n) is 5.43. The normalized spacial score (nSPS) is 17.3. The summed E-state index contributed by atoms with van der Waals surface area (Å²) in [5, 5.41) is 8.44. The second kappa shape index (κ2) is 8.06. The smallest absolute Gasteiger partial charge is 0.274 e. The van der Waals surface area contributed by atoms with E-state index in [0.717, 1.165) is 11.1 Å². The van der Waals surface area contributed by atoms with Crippen LogP contribution in [0.25, 0.3) is 11.5 Å². The summed E-state index contributed by atoms with van der Waals surface area (Å²) in [4.78, 5) is 1.58. The molecule has 1 aliphatic heterocycles. The highest BCUT2D eigenvalue weighted by Crippen LogP contribution is 2.21. The van der Waals surface area contributed by atoms with E-state index in [9.17, 15) is 8.42 Å². The zero-order valence-corrected chi connectivity index (χ0v) is 17.4. The molecule has 1 atom stereocenters. The van der Waals surface area contributed by atoms with Crippen molar-refractivity contribution in [2.24, 2.45) is 0 Å². The number of hydrogen-bond donors (Lipinski definition) is 1. The van der Waals surface area contributed by atoms with Crippen molar-refractivity contribution in [1.82, 2.24) is 14.5 Å². The average molecular weight is 414 g/mol. The van der Waals surface area contributed by atoms with Gasteiger partial charge in [0.25, 0.3) is 5.89 Å². The van der Waals surface area contributed by atoms with Crippen LogP contribution in [0.1, 0.15) is 24.4 Å². The van der Waals surface area contributed by atoms with E-state index in [1.165, 1.54) is 4.90 Å². The Morgan fingerprint density at radius 2 is 1.76 bits per heavy atom. The molecule has 2 heterocycles. The summed E-state index contributed by atoms with van der Waals surface area (Å²) in [6.07, 6.45) is 0. The number of aromatic nitrogens is 2. The molecule has 4 rings (SSSR count). The Hall–Kier alpha value is -2.55. The first-order chi connectivity index (χ1) is 13.9. The summed E-state index contributed by atoms with van der Waals surface area (Å²) >= 11 is 0. The molecule has 1 saturated heterocycles. The minimum Gasteiger partial charge on any atom is -0.415 e. The maximum Gasteiger partial charge on any atom is 0.274 e. The van der Waals surface area contributed by atoms with E-state index in [-0.39, 0.29) is 6.04 Å². The van der Waals surface area contributed by atoms with E-state index in [1.807, 2.05) is 44.2 Å². The molecular formula is C21H25N4O3S+. The molecule has 0 amide bonds. The van der Waals surface area contributed by atoms with Crippen LogP contribution in [-0.2, 0) is 10.0 Å². The summed E-state index contributed by atoms with van der Waals surface area (Å²) in [5.74, 6) is 1.09. The average Bonchev–Trinajstić information content (AvgIpc) is 3.24. The first kappa shape index (κ1) is 19.8. The molecule has 0 radical (unpaired) electrons. The summed E-state index contributed by atoms with van der Waals surface area (Å²) in [7, 11) is -3.44. The van der Waals surface area contributed by atoms with Crippen LogP contribution >= 0.6 is 0 Å². The van der Waals surface area contributed by atoms with Gasteiger partial charge in [0.15, 0.2) is 6.04 Å². The van der Waals surface area contributed by atoms with Gasteiger partial charge in [-0.15, -0.1) is 10.2 Å². The van der Waals surface area contributed by atoms with Gasteiger partial charge < -0.3 is 9.32 Å². The minimum atomic E-state index is -3.44. The Kier molecular flexibility index (Phi) is 5.49.